The van der Waals surface area contributed by atoms with Crippen molar-refractivity contribution in [2.24, 2.45) is 5.92 Å². The van der Waals surface area contributed by atoms with Gasteiger partial charge in [-0.2, -0.15) is 13.2 Å². The van der Waals surface area contributed by atoms with E-state index in [0.29, 0.717) is 5.56 Å². The van der Waals surface area contributed by atoms with Crippen molar-refractivity contribution in [3.8, 4) is 11.8 Å². The minimum atomic E-state index is -4.71. The van der Waals surface area contributed by atoms with E-state index in [2.05, 4.69) is 17.2 Å². The van der Waals surface area contributed by atoms with Gasteiger partial charge in [0.15, 0.2) is 0 Å². The van der Waals surface area contributed by atoms with Crippen LogP contribution in [0, 0.1) is 31.6 Å². The topological polar surface area (TPSA) is 41.1 Å². The summed E-state index contributed by atoms with van der Waals surface area (Å²) in [5.41, 5.74) is -1.29. The van der Waals surface area contributed by atoms with Gasteiger partial charge in [0, 0.05) is 17.2 Å². The summed E-state index contributed by atoms with van der Waals surface area (Å²) in [7, 11) is 0. The molecular formula is C16H15F3N2O. The molecule has 3 nitrogen and oxygen atoms in total. The van der Waals surface area contributed by atoms with E-state index in [4.69, 9.17) is 0 Å². The van der Waals surface area contributed by atoms with Crippen molar-refractivity contribution >= 4 is 11.7 Å². The zero-order chi connectivity index (χ0) is 16.1. The van der Waals surface area contributed by atoms with Crippen molar-refractivity contribution in [2.45, 2.75) is 38.4 Å². The maximum atomic E-state index is 13.9. The summed E-state index contributed by atoms with van der Waals surface area (Å²) >= 11 is 0. The van der Waals surface area contributed by atoms with Crippen LogP contribution in [0.5, 0.6) is 0 Å². The Labute approximate surface area is 126 Å². The summed E-state index contributed by atoms with van der Waals surface area (Å²) in [5, 5.41) is 4.47. The molecule has 1 aliphatic carbocycles. The molecule has 3 rings (SSSR count). The normalized spacial score (nSPS) is 23.8. The van der Waals surface area contributed by atoms with Crippen molar-refractivity contribution in [3.05, 3.63) is 28.8 Å². The van der Waals surface area contributed by atoms with Crippen LogP contribution in [0.3, 0.4) is 0 Å². The molecular weight excluding hydrogens is 293 g/mol. The molecule has 1 aromatic rings. The zero-order valence-corrected chi connectivity index (χ0v) is 12.2. The molecule has 1 unspecified atom stereocenters. The molecule has 1 aromatic carbocycles. The van der Waals surface area contributed by atoms with Gasteiger partial charge >= 0.3 is 12.2 Å². The predicted octanol–water partition coefficient (Wildman–Crippen LogP) is 3.61. The van der Waals surface area contributed by atoms with Crippen LogP contribution < -0.4 is 10.6 Å². The van der Waals surface area contributed by atoms with Gasteiger partial charge in [-0.1, -0.05) is 17.9 Å². The Morgan fingerprint density at radius 1 is 1.27 bits per heavy atom. The monoisotopic (exact) mass is 308 g/mol. The van der Waals surface area contributed by atoms with Gasteiger partial charge in [-0.25, -0.2) is 4.79 Å². The van der Waals surface area contributed by atoms with Crippen molar-refractivity contribution in [1.29, 1.82) is 0 Å². The molecule has 1 atom stereocenters. The molecule has 0 spiro atoms. The first kappa shape index (κ1) is 14.8. The summed E-state index contributed by atoms with van der Waals surface area (Å²) in [5.74, 6) is 5.01. The third kappa shape index (κ3) is 2.21. The standard InChI is InChI=1S/C16H15F3N2O/c1-9-3-6-12-13(10(9)2)15(16(17,18)19,21-14(22)20-12)8-7-11-4-5-11/h3,6,11H,4-5H2,1-2H3,(H2,20,21,22). The maximum absolute atomic E-state index is 13.9. The Balaban J connectivity index is 2.29. The van der Waals surface area contributed by atoms with E-state index in [1.54, 1.807) is 19.9 Å². The van der Waals surface area contributed by atoms with Crippen LogP contribution >= 0.6 is 0 Å². The first-order chi connectivity index (χ1) is 10.2. The number of carbonyl (C=O) groups is 1. The molecule has 2 aliphatic rings. The van der Waals surface area contributed by atoms with Crippen LogP contribution in [-0.2, 0) is 5.54 Å². The number of halogens is 3. The number of benzene rings is 1. The number of amides is 2. The molecule has 0 radical (unpaired) electrons. The summed E-state index contributed by atoms with van der Waals surface area (Å²) in [6, 6.07) is 2.29. The second-order valence-electron chi connectivity index (χ2n) is 5.80. The number of fused-ring (bicyclic) bond motifs is 1. The highest BCUT2D eigenvalue weighted by molar-refractivity contribution is 5.95. The number of carbonyl (C=O) groups excluding carboxylic acids is 1. The highest BCUT2D eigenvalue weighted by Gasteiger charge is 2.60. The van der Waals surface area contributed by atoms with Gasteiger partial charge in [0.1, 0.15) is 0 Å². The van der Waals surface area contributed by atoms with E-state index in [9.17, 15) is 18.0 Å². The molecule has 2 N–H and O–H groups in total. The molecule has 22 heavy (non-hydrogen) atoms. The minimum Gasteiger partial charge on any atom is -0.310 e. The summed E-state index contributed by atoms with van der Waals surface area (Å²) in [6.45, 7) is 3.36. The first-order valence-electron chi connectivity index (χ1n) is 7.04. The first-order valence-corrected chi connectivity index (χ1v) is 7.04. The Kier molecular flexibility index (Phi) is 3.13. The highest BCUT2D eigenvalue weighted by atomic mass is 19.4. The number of rotatable bonds is 0. The average molecular weight is 308 g/mol. The molecule has 0 saturated heterocycles. The van der Waals surface area contributed by atoms with E-state index < -0.39 is 17.7 Å². The van der Waals surface area contributed by atoms with Gasteiger partial charge < -0.3 is 10.6 Å². The van der Waals surface area contributed by atoms with Crippen LogP contribution in [0.4, 0.5) is 23.7 Å². The number of urea groups is 1. The smallest absolute Gasteiger partial charge is 0.310 e. The van der Waals surface area contributed by atoms with E-state index in [0.717, 1.165) is 18.4 Å². The summed E-state index contributed by atoms with van der Waals surface area (Å²) < 4.78 is 41.7. The number of anilines is 1. The van der Waals surface area contributed by atoms with E-state index >= 15 is 0 Å². The van der Waals surface area contributed by atoms with Crippen LogP contribution in [0.2, 0.25) is 0 Å². The Morgan fingerprint density at radius 2 is 1.95 bits per heavy atom. The van der Waals surface area contributed by atoms with Crippen molar-refractivity contribution in [1.82, 2.24) is 5.32 Å². The number of hydrogen-bond donors (Lipinski definition) is 2. The molecule has 0 aromatic heterocycles. The lowest BCUT2D eigenvalue weighted by molar-refractivity contribution is -0.178. The van der Waals surface area contributed by atoms with Crippen molar-refractivity contribution in [2.75, 3.05) is 5.32 Å². The molecule has 6 heteroatoms. The zero-order valence-electron chi connectivity index (χ0n) is 12.2. The van der Waals surface area contributed by atoms with E-state index in [1.165, 1.54) is 6.07 Å². The number of alkyl halides is 3. The van der Waals surface area contributed by atoms with Gasteiger partial charge in [0.2, 0.25) is 5.54 Å². The number of hydrogen-bond acceptors (Lipinski definition) is 1. The Bertz CT molecular complexity index is 711. The highest BCUT2D eigenvalue weighted by Crippen LogP contribution is 2.46. The fourth-order valence-corrected chi connectivity index (χ4v) is 2.60. The second-order valence-corrected chi connectivity index (χ2v) is 5.80. The van der Waals surface area contributed by atoms with E-state index in [1.807, 2.05) is 5.32 Å². The SMILES string of the molecule is Cc1ccc2c(c1C)C(C#CC1CC1)(C(F)(F)F)NC(=O)N2. The fourth-order valence-electron chi connectivity index (χ4n) is 2.60. The summed E-state index contributed by atoms with van der Waals surface area (Å²) in [4.78, 5) is 11.8. The molecule has 1 saturated carbocycles. The lowest BCUT2D eigenvalue weighted by atomic mass is 9.82. The Hall–Kier alpha value is -2.16. The maximum Gasteiger partial charge on any atom is 0.427 e. The Morgan fingerprint density at radius 3 is 2.55 bits per heavy atom. The quantitative estimate of drug-likeness (QED) is 0.706. The molecule has 1 heterocycles. The molecule has 1 fully saturated rings. The second kappa shape index (κ2) is 4.67. The largest absolute Gasteiger partial charge is 0.427 e. The van der Waals surface area contributed by atoms with Gasteiger partial charge in [-0.05, 0) is 43.9 Å². The molecule has 116 valence electrons. The fraction of sp³-hybridized carbons (Fsp3) is 0.438. The lowest BCUT2D eigenvalue weighted by Gasteiger charge is -2.38. The third-order valence-corrected chi connectivity index (χ3v) is 4.13. The van der Waals surface area contributed by atoms with Crippen molar-refractivity contribution < 1.29 is 18.0 Å². The predicted molar refractivity (Wildman–Crippen MR) is 76.3 cm³/mol. The van der Waals surface area contributed by atoms with Gasteiger partial charge in [-0.15, -0.1) is 0 Å². The van der Waals surface area contributed by atoms with Crippen LogP contribution in [0.15, 0.2) is 12.1 Å². The van der Waals surface area contributed by atoms with Crippen LogP contribution in [0.25, 0.3) is 0 Å². The van der Waals surface area contributed by atoms with Crippen LogP contribution in [-0.4, -0.2) is 12.2 Å². The molecule has 1 aliphatic heterocycles. The van der Waals surface area contributed by atoms with Crippen molar-refractivity contribution in [3.63, 3.8) is 0 Å². The summed E-state index contributed by atoms with van der Waals surface area (Å²) in [6.07, 6.45) is -3.08. The van der Waals surface area contributed by atoms with Crippen LogP contribution in [0.1, 0.15) is 29.5 Å². The van der Waals surface area contributed by atoms with Gasteiger partial charge in [-0.3, -0.25) is 0 Å². The lowest BCUT2D eigenvalue weighted by Crippen LogP contribution is -2.59. The molecule has 0 bridgehead atoms. The molecule has 2 amide bonds. The average Bonchev–Trinajstić information content (AvgIpc) is 3.23. The van der Waals surface area contributed by atoms with Gasteiger partial charge in [0.25, 0.3) is 0 Å². The van der Waals surface area contributed by atoms with E-state index in [-0.39, 0.29) is 17.2 Å². The van der Waals surface area contributed by atoms with Gasteiger partial charge in [0.05, 0.1) is 0 Å². The third-order valence-electron chi connectivity index (χ3n) is 4.13. The number of aryl methyl sites for hydroxylation is 1. The number of nitrogens with one attached hydrogen (secondary N) is 2. The minimum absolute atomic E-state index is 0.000391.